The molecule has 8 nitrogen and oxygen atoms in total. The number of thiazole rings is 2. The van der Waals surface area contributed by atoms with Crippen LogP contribution in [0.1, 0.15) is 25.7 Å². The minimum absolute atomic E-state index is 0.342. The van der Waals surface area contributed by atoms with Gasteiger partial charge in [-0.3, -0.25) is 4.99 Å². The van der Waals surface area contributed by atoms with Crippen LogP contribution >= 0.6 is 22.7 Å². The second kappa shape index (κ2) is 9.26. The van der Waals surface area contributed by atoms with E-state index in [4.69, 9.17) is 4.98 Å². The first-order chi connectivity index (χ1) is 15.6. The molecule has 0 unspecified atom stereocenters. The third-order valence-electron chi connectivity index (χ3n) is 5.45. The Morgan fingerprint density at radius 3 is 2.44 bits per heavy atom. The van der Waals surface area contributed by atoms with Crippen molar-refractivity contribution < 1.29 is 8.42 Å². The zero-order valence-corrected chi connectivity index (χ0v) is 19.9. The number of sulfonamides is 1. The molecule has 0 saturated carbocycles. The molecule has 0 aliphatic carbocycles. The van der Waals surface area contributed by atoms with Crippen LogP contribution in [0.5, 0.6) is 0 Å². The maximum Gasteiger partial charge on any atom is 0.243 e. The fourth-order valence-electron chi connectivity index (χ4n) is 3.71. The first kappa shape index (κ1) is 21.5. The van der Waals surface area contributed by atoms with Gasteiger partial charge in [-0.25, -0.2) is 18.4 Å². The predicted molar refractivity (Wildman–Crippen MR) is 130 cm³/mol. The van der Waals surface area contributed by atoms with Gasteiger partial charge >= 0.3 is 0 Å². The zero-order valence-electron chi connectivity index (χ0n) is 17.5. The molecular formula is C21H24N6O2S3. The Morgan fingerprint density at radius 1 is 0.938 bits per heavy atom. The van der Waals surface area contributed by atoms with Gasteiger partial charge in [0.2, 0.25) is 10.0 Å². The maximum absolute atomic E-state index is 12.9. The molecule has 0 bridgehead atoms. The molecule has 0 atom stereocenters. The Bertz CT molecular complexity index is 1210. The summed E-state index contributed by atoms with van der Waals surface area (Å²) in [7, 11) is -3.42. The highest BCUT2D eigenvalue weighted by Crippen LogP contribution is 2.31. The van der Waals surface area contributed by atoms with E-state index in [-0.39, 0.29) is 0 Å². The van der Waals surface area contributed by atoms with Gasteiger partial charge in [0.15, 0.2) is 11.1 Å². The minimum atomic E-state index is -3.42. The number of guanidine groups is 1. The number of aromatic nitrogens is 2. The lowest BCUT2D eigenvalue weighted by atomic mass is 10.2. The molecule has 5 rings (SSSR count). The van der Waals surface area contributed by atoms with Gasteiger partial charge < -0.3 is 10.6 Å². The quantitative estimate of drug-likeness (QED) is 0.566. The topological polar surface area (TPSA) is 99.6 Å². The van der Waals surface area contributed by atoms with Gasteiger partial charge in [0, 0.05) is 42.5 Å². The van der Waals surface area contributed by atoms with Crippen molar-refractivity contribution in [3.05, 3.63) is 35.0 Å². The normalized spacial score (nSPS) is 17.6. The molecule has 11 heteroatoms. The van der Waals surface area contributed by atoms with Crippen LogP contribution in [0.15, 0.2) is 44.9 Å². The molecule has 1 aromatic carbocycles. The number of anilines is 1. The molecule has 4 heterocycles. The third-order valence-corrected chi connectivity index (χ3v) is 9.01. The summed E-state index contributed by atoms with van der Waals surface area (Å²) in [5, 5.41) is 12.0. The molecule has 2 aliphatic rings. The van der Waals surface area contributed by atoms with E-state index < -0.39 is 10.0 Å². The Balaban J connectivity index is 1.30. The van der Waals surface area contributed by atoms with Crippen molar-refractivity contribution in [2.45, 2.75) is 30.6 Å². The number of nitrogens with zero attached hydrogens (tertiary/aromatic N) is 4. The molecule has 1 fully saturated rings. The summed E-state index contributed by atoms with van der Waals surface area (Å²) in [6, 6.07) is 7.03. The standard InChI is InChI=1S/C21H24N6O2S3/c28-32(29,27-11-2-1-3-12-27)16-7-5-15(6-8-16)19-24-17(13-30-19)18-14-31-21(25-18)26-20-22-9-4-10-23-20/h5-8,13-14H,1-4,9-12H2,(H2,22,23,25,26). The molecule has 2 N–H and O–H groups in total. The highest BCUT2D eigenvalue weighted by atomic mass is 32.2. The summed E-state index contributed by atoms with van der Waals surface area (Å²) in [6.07, 6.45) is 4.00. The SMILES string of the molecule is O=S(=O)(c1ccc(-c2nc(-c3csc(NC4=NCCCN4)n3)cs2)cc1)N1CCCCC1. The molecule has 2 aromatic heterocycles. The Kier molecular flexibility index (Phi) is 6.22. The minimum Gasteiger partial charge on any atom is -0.356 e. The van der Waals surface area contributed by atoms with Crippen LogP contribution in [0, 0.1) is 0 Å². The van der Waals surface area contributed by atoms with Crippen molar-refractivity contribution in [2.24, 2.45) is 4.99 Å². The summed E-state index contributed by atoms with van der Waals surface area (Å²) in [6.45, 7) is 2.94. The van der Waals surface area contributed by atoms with Crippen molar-refractivity contribution in [3.8, 4) is 22.0 Å². The lowest BCUT2D eigenvalue weighted by molar-refractivity contribution is 0.346. The van der Waals surface area contributed by atoms with Gasteiger partial charge in [0.25, 0.3) is 0 Å². The molecule has 1 saturated heterocycles. The van der Waals surface area contributed by atoms with Crippen molar-refractivity contribution in [3.63, 3.8) is 0 Å². The zero-order chi connectivity index (χ0) is 22.0. The predicted octanol–water partition coefficient (Wildman–Crippen LogP) is 3.87. The van der Waals surface area contributed by atoms with Gasteiger partial charge in [-0.15, -0.1) is 22.7 Å². The summed E-state index contributed by atoms with van der Waals surface area (Å²) >= 11 is 3.03. The van der Waals surface area contributed by atoms with Crippen LogP contribution in [0.3, 0.4) is 0 Å². The third kappa shape index (κ3) is 4.56. The number of nitrogens with one attached hydrogen (secondary N) is 2. The van der Waals surface area contributed by atoms with Crippen molar-refractivity contribution >= 4 is 43.8 Å². The fraction of sp³-hybridized carbons (Fsp3) is 0.381. The van der Waals surface area contributed by atoms with Crippen LogP contribution in [-0.2, 0) is 10.0 Å². The summed E-state index contributed by atoms with van der Waals surface area (Å²) in [5.74, 6) is 0.760. The van der Waals surface area contributed by atoms with E-state index in [1.165, 1.54) is 22.7 Å². The lowest BCUT2D eigenvalue weighted by Crippen LogP contribution is -2.35. The summed E-state index contributed by atoms with van der Waals surface area (Å²) in [4.78, 5) is 14.1. The smallest absolute Gasteiger partial charge is 0.243 e. The number of hydrogen-bond acceptors (Lipinski definition) is 9. The first-order valence-electron chi connectivity index (χ1n) is 10.7. The average Bonchev–Trinajstić information content (AvgIpc) is 3.50. The Labute approximate surface area is 195 Å². The van der Waals surface area contributed by atoms with Crippen molar-refractivity contribution in [1.82, 2.24) is 19.6 Å². The summed E-state index contributed by atoms with van der Waals surface area (Å²) in [5.41, 5.74) is 2.51. The lowest BCUT2D eigenvalue weighted by Gasteiger charge is -2.25. The van der Waals surface area contributed by atoms with E-state index in [9.17, 15) is 8.42 Å². The van der Waals surface area contributed by atoms with Crippen LogP contribution in [0.2, 0.25) is 0 Å². The van der Waals surface area contributed by atoms with Gasteiger partial charge in [-0.1, -0.05) is 18.6 Å². The number of rotatable bonds is 5. The molecule has 3 aromatic rings. The largest absolute Gasteiger partial charge is 0.356 e. The van der Waals surface area contributed by atoms with Gasteiger partial charge in [-0.05, 0) is 31.4 Å². The van der Waals surface area contributed by atoms with Crippen LogP contribution in [0.25, 0.3) is 22.0 Å². The van der Waals surface area contributed by atoms with E-state index in [1.54, 1.807) is 16.4 Å². The highest BCUT2D eigenvalue weighted by Gasteiger charge is 2.25. The Morgan fingerprint density at radius 2 is 1.69 bits per heavy atom. The van der Waals surface area contributed by atoms with E-state index >= 15 is 0 Å². The number of piperidine rings is 1. The van der Waals surface area contributed by atoms with Crippen molar-refractivity contribution in [2.75, 3.05) is 31.5 Å². The average molecular weight is 489 g/mol. The number of aliphatic imine (C=N–C) groups is 1. The van der Waals surface area contributed by atoms with Crippen LogP contribution in [-0.4, -0.2) is 54.8 Å². The van der Waals surface area contributed by atoms with Gasteiger partial charge in [0.1, 0.15) is 16.4 Å². The van der Waals surface area contributed by atoms with E-state index in [0.29, 0.717) is 18.0 Å². The second-order valence-electron chi connectivity index (χ2n) is 7.70. The Hall–Kier alpha value is -2.34. The molecule has 2 aliphatic heterocycles. The molecule has 168 valence electrons. The van der Waals surface area contributed by atoms with E-state index in [0.717, 1.165) is 71.8 Å². The molecule has 0 spiro atoms. The second-order valence-corrected chi connectivity index (χ2v) is 11.4. The van der Waals surface area contributed by atoms with Gasteiger partial charge in [0.05, 0.1) is 4.90 Å². The maximum atomic E-state index is 12.9. The molecular weight excluding hydrogens is 464 g/mol. The molecule has 32 heavy (non-hydrogen) atoms. The van der Waals surface area contributed by atoms with E-state index in [2.05, 4.69) is 20.6 Å². The van der Waals surface area contributed by atoms with Crippen LogP contribution in [0.4, 0.5) is 5.13 Å². The van der Waals surface area contributed by atoms with Crippen molar-refractivity contribution in [1.29, 1.82) is 0 Å². The highest BCUT2D eigenvalue weighted by molar-refractivity contribution is 7.89. The van der Waals surface area contributed by atoms with Crippen LogP contribution < -0.4 is 10.6 Å². The molecule has 0 amide bonds. The number of hydrogen-bond donors (Lipinski definition) is 2. The fourth-order valence-corrected chi connectivity index (χ4v) is 6.75. The first-order valence-corrected chi connectivity index (χ1v) is 13.9. The van der Waals surface area contributed by atoms with Gasteiger partial charge in [-0.2, -0.15) is 4.31 Å². The van der Waals surface area contributed by atoms with E-state index in [1.807, 2.05) is 22.9 Å². The number of benzene rings is 1. The summed E-state index contributed by atoms with van der Waals surface area (Å²) < 4.78 is 27.3. The monoisotopic (exact) mass is 488 g/mol. The molecule has 0 radical (unpaired) electrons.